The molecule has 3 aromatic carbocycles. The minimum atomic E-state index is -2.09. The Kier molecular flexibility index (Phi) is 4.79. The van der Waals surface area contributed by atoms with Gasteiger partial charge in [-0.05, 0) is 0 Å². The van der Waals surface area contributed by atoms with Crippen molar-refractivity contribution in [1.29, 1.82) is 0 Å². The molecule has 1 nitrogen and oxygen atoms in total. The molecule has 0 aliphatic rings. The van der Waals surface area contributed by atoms with Gasteiger partial charge >= 0.3 is 139 Å². The third-order valence-electron chi connectivity index (χ3n) is 4.63. The Hall–Kier alpha value is -2.11. The van der Waals surface area contributed by atoms with Gasteiger partial charge in [-0.3, -0.25) is 0 Å². The third-order valence-corrected chi connectivity index (χ3v) is 9.66. The van der Waals surface area contributed by atoms with Crippen LogP contribution in [0.2, 0.25) is 0 Å². The van der Waals surface area contributed by atoms with E-state index in [1.54, 1.807) is 7.11 Å². The second-order valence-corrected chi connectivity index (χ2v) is 9.90. The number of ether oxygens (including phenoxy) is 1. The van der Waals surface area contributed by atoms with Gasteiger partial charge in [-0.25, -0.2) is 0 Å². The first kappa shape index (κ1) is 15.8. The van der Waals surface area contributed by atoms with Crippen molar-refractivity contribution in [3.05, 3.63) is 84.9 Å². The van der Waals surface area contributed by atoms with E-state index in [4.69, 9.17) is 4.74 Å². The van der Waals surface area contributed by atoms with Crippen molar-refractivity contribution < 1.29 is 4.74 Å². The average Bonchev–Trinajstić information content (AvgIpc) is 2.65. The molecule has 23 heavy (non-hydrogen) atoms. The van der Waals surface area contributed by atoms with Crippen LogP contribution in [0.3, 0.4) is 0 Å². The Bertz CT molecular complexity index is 714. The summed E-state index contributed by atoms with van der Waals surface area (Å²) in [5.41, 5.74) is 0. The fourth-order valence-corrected chi connectivity index (χ4v) is 8.18. The van der Waals surface area contributed by atoms with Crippen molar-refractivity contribution in [2.75, 3.05) is 13.3 Å². The molecule has 0 aliphatic carbocycles. The Morgan fingerprint density at radius 2 is 1.17 bits per heavy atom. The van der Waals surface area contributed by atoms with Gasteiger partial charge < -0.3 is 0 Å². The van der Waals surface area contributed by atoms with Gasteiger partial charge in [0.1, 0.15) is 0 Å². The molecule has 0 aliphatic heterocycles. The van der Waals surface area contributed by atoms with Gasteiger partial charge in [-0.2, -0.15) is 0 Å². The van der Waals surface area contributed by atoms with Crippen LogP contribution in [0.15, 0.2) is 84.9 Å². The molecule has 118 valence electrons. The molecule has 3 aromatic rings. The van der Waals surface area contributed by atoms with Gasteiger partial charge in [0.15, 0.2) is 0 Å². The molecule has 0 amide bonds. The van der Waals surface area contributed by atoms with Gasteiger partial charge in [0.2, 0.25) is 0 Å². The zero-order valence-corrected chi connectivity index (χ0v) is 14.7. The van der Waals surface area contributed by atoms with Crippen LogP contribution in [-0.2, 0) is 0 Å². The zero-order chi connectivity index (χ0) is 16.1. The summed E-state index contributed by atoms with van der Waals surface area (Å²) in [6, 6.07) is 30.3. The van der Waals surface area contributed by atoms with Crippen molar-refractivity contribution in [2.45, 2.75) is 6.92 Å². The first-order chi connectivity index (χ1) is 11.3. The van der Waals surface area contributed by atoms with E-state index in [9.17, 15) is 0 Å². The Morgan fingerprint density at radius 1 is 0.696 bits per heavy atom. The molecule has 2 heteroatoms. The van der Waals surface area contributed by atoms with E-state index in [2.05, 4.69) is 85.8 Å². The average molecular weight is 322 g/mol. The molecule has 0 atom stereocenters. The quantitative estimate of drug-likeness (QED) is 0.650. The summed E-state index contributed by atoms with van der Waals surface area (Å²) in [6.45, 7) is 2.30. The van der Waals surface area contributed by atoms with Gasteiger partial charge in [0, 0.05) is 0 Å². The van der Waals surface area contributed by atoms with E-state index in [0.717, 1.165) is 11.9 Å². The molecule has 0 saturated carbocycles. The molecule has 0 fully saturated rings. The number of para-hydroxylation sites is 1. The Labute approximate surface area is 139 Å². The Balaban J connectivity index is 2.34. The molecule has 0 spiro atoms. The van der Waals surface area contributed by atoms with Crippen molar-refractivity contribution in [2.24, 2.45) is 0 Å². The van der Waals surface area contributed by atoms with E-state index < -0.39 is 7.26 Å². The molecule has 0 unspecified atom stereocenters. The van der Waals surface area contributed by atoms with Crippen molar-refractivity contribution in [3.63, 3.8) is 0 Å². The molecule has 3 rings (SSSR count). The summed E-state index contributed by atoms with van der Waals surface area (Å²) in [6.07, 6.45) is 1.10. The predicted molar refractivity (Wildman–Crippen MR) is 104 cm³/mol. The number of hydrogen-bond donors (Lipinski definition) is 0. The summed E-state index contributed by atoms with van der Waals surface area (Å²) in [5, 5.41) is 4.21. The second-order valence-electron chi connectivity index (χ2n) is 5.69. The Morgan fingerprint density at radius 3 is 1.65 bits per heavy atom. The van der Waals surface area contributed by atoms with Crippen molar-refractivity contribution >= 4 is 23.2 Å². The summed E-state index contributed by atoms with van der Waals surface area (Å²) < 4.78 is 5.73. The van der Waals surface area contributed by atoms with Crippen LogP contribution in [0, 0.1) is 0 Å². The van der Waals surface area contributed by atoms with Gasteiger partial charge in [-0.1, -0.05) is 0 Å². The SMILES string of the molecule is CC[PH](c1ccccc1)(c1ccccc1)c1ccccc1OC. The van der Waals surface area contributed by atoms with Crippen LogP contribution in [-0.4, -0.2) is 13.3 Å². The molecule has 0 saturated heterocycles. The predicted octanol–water partition coefficient (Wildman–Crippen LogP) is 3.74. The molecule has 0 aromatic heterocycles. The van der Waals surface area contributed by atoms with Crippen LogP contribution >= 0.6 is 7.26 Å². The molecule has 0 bridgehead atoms. The van der Waals surface area contributed by atoms with E-state index in [1.807, 2.05) is 6.07 Å². The maximum atomic E-state index is 5.73. The van der Waals surface area contributed by atoms with E-state index in [1.165, 1.54) is 15.9 Å². The van der Waals surface area contributed by atoms with Crippen molar-refractivity contribution in [3.8, 4) is 5.75 Å². The van der Waals surface area contributed by atoms with Crippen LogP contribution in [0.4, 0.5) is 0 Å². The second kappa shape index (κ2) is 6.98. The fourth-order valence-electron chi connectivity index (χ4n) is 3.52. The number of rotatable bonds is 5. The third kappa shape index (κ3) is 2.78. The standard InChI is InChI=1S/C21H23OP/c1-3-23(18-12-6-4-7-13-18,19-14-8-5-9-15-19)21-17-11-10-16-20(21)22-2/h4-17,23H,3H2,1-2H3. The molecule has 0 radical (unpaired) electrons. The molecular weight excluding hydrogens is 299 g/mol. The van der Waals surface area contributed by atoms with Crippen LogP contribution < -0.4 is 20.7 Å². The molecule has 0 heterocycles. The number of hydrogen-bond acceptors (Lipinski definition) is 1. The maximum absolute atomic E-state index is 5.73. The van der Waals surface area contributed by atoms with Gasteiger partial charge in [0.25, 0.3) is 0 Å². The monoisotopic (exact) mass is 322 g/mol. The van der Waals surface area contributed by atoms with Crippen LogP contribution in [0.25, 0.3) is 0 Å². The van der Waals surface area contributed by atoms with E-state index >= 15 is 0 Å². The number of benzene rings is 3. The molecular formula is C21H23OP. The molecule has 0 N–H and O–H groups in total. The summed E-state index contributed by atoms with van der Waals surface area (Å²) in [7, 11) is -0.321. The first-order valence-corrected chi connectivity index (χ1v) is 10.3. The fraction of sp³-hybridized carbons (Fsp3) is 0.143. The normalized spacial score (nSPS) is 11.9. The zero-order valence-electron chi connectivity index (χ0n) is 13.7. The van der Waals surface area contributed by atoms with Crippen molar-refractivity contribution in [1.82, 2.24) is 0 Å². The summed E-state index contributed by atoms with van der Waals surface area (Å²) in [5.74, 6) is 0.994. The first-order valence-electron chi connectivity index (χ1n) is 8.07. The van der Waals surface area contributed by atoms with Crippen LogP contribution in [0.1, 0.15) is 6.92 Å². The summed E-state index contributed by atoms with van der Waals surface area (Å²) >= 11 is 0. The van der Waals surface area contributed by atoms with E-state index in [-0.39, 0.29) is 0 Å². The minimum absolute atomic E-state index is 0.994. The number of methoxy groups -OCH3 is 1. The summed E-state index contributed by atoms with van der Waals surface area (Å²) in [4.78, 5) is 0. The van der Waals surface area contributed by atoms with Gasteiger partial charge in [-0.15, -0.1) is 0 Å². The van der Waals surface area contributed by atoms with Gasteiger partial charge in [0.05, 0.1) is 0 Å². The topological polar surface area (TPSA) is 9.23 Å². The van der Waals surface area contributed by atoms with Crippen LogP contribution in [0.5, 0.6) is 5.75 Å². The van der Waals surface area contributed by atoms with E-state index in [0.29, 0.717) is 0 Å².